The second-order valence-corrected chi connectivity index (χ2v) is 16.2. The third-order valence-electron chi connectivity index (χ3n) is 10.3. The number of aliphatic hydroxyl groups excluding tert-OH is 1. The lowest BCUT2D eigenvalue weighted by Gasteiger charge is -2.56. The summed E-state index contributed by atoms with van der Waals surface area (Å²) in [5.74, 6) is -1.84. The largest absolute Gasteiger partial charge is 0.481 e. The van der Waals surface area contributed by atoms with E-state index in [9.17, 15) is 33.5 Å². The van der Waals surface area contributed by atoms with Gasteiger partial charge in [-0.1, -0.05) is 131 Å². The molecule has 286 valence electrons. The summed E-state index contributed by atoms with van der Waals surface area (Å²) in [6.45, 7) is 0.0725. The lowest BCUT2D eigenvalue weighted by atomic mass is 9.74. The number of nitrogens with one attached hydrogen (secondary N) is 1. The molecule has 5 aromatic carbocycles. The fourth-order valence-corrected chi connectivity index (χ4v) is 9.13. The number of hydrogen-bond acceptors (Lipinski definition) is 8. The molecular formula is C42H42BrN3O8S. The number of carboxylic acids is 1. The maximum atomic E-state index is 13.7. The van der Waals surface area contributed by atoms with Crippen molar-refractivity contribution in [2.75, 3.05) is 26.3 Å². The Bertz CT molecular complexity index is 2060. The van der Waals surface area contributed by atoms with Crippen molar-refractivity contribution in [3.05, 3.63) is 176 Å². The molecule has 0 bridgehead atoms. The van der Waals surface area contributed by atoms with E-state index in [4.69, 9.17) is 4.74 Å². The molecule has 55 heavy (non-hydrogen) atoms. The van der Waals surface area contributed by atoms with Crippen LogP contribution in [0.25, 0.3) is 0 Å². The Morgan fingerprint density at radius 3 is 1.87 bits per heavy atom. The Hall–Kier alpha value is -4.76. The van der Waals surface area contributed by atoms with Crippen LogP contribution in [0.5, 0.6) is 0 Å². The van der Waals surface area contributed by atoms with Crippen molar-refractivity contribution in [1.29, 1.82) is 0 Å². The molecule has 0 saturated carbocycles. The SMILES string of the molecule is O=C(O)CC(CO)CCN1[C@H](COC(c2ccccc2)(c2ccccc2)c2ccccc2)[C@H](c2ccc(Br)cc2)[C@@H]1CNS(=O)(=O)c1ccccc1[N+](=O)[O-]. The first kappa shape index (κ1) is 39.9. The molecule has 3 N–H and O–H groups in total. The average Bonchev–Trinajstić information content (AvgIpc) is 3.20. The van der Waals surface area contributed by atoms with Gasteiger partial charge in [-0.3, -0.25) is 19.8 Å². The van der Waals surface area contributed by atoms with Gasteiger partial charge < -0.3 is 14.9 Å². The van der Waals surface area contributed by atoms with Crippen molar-refractivity contribution < 1.29 is 33.1 Å². The first-order valence-electron chi connectivity index (χ1n) is 17.9. The van der Waals surface area contributed by atoms with E-state index in [1.807, 2.05) is 115 Å². The standard InChI is InChI=1S/C42H42BrN3O8S/c43-35-22-20-31(21-23-35)41-37(27-44-55(52,53)39-19-11-10-18-36(39)46(50)51)45(25-24-30(28-47)26-40(48)49)38(41)29-54-42(32-12-4-1-5-13-32,33-14-6-2-7-15-33)34-16-8-3-9-17-34/h1-23,30,37-38,41,44,47H,24-29H2,(H,48,49)/t30?,37-,38+,41+/m0/s1. The number of aliphatic hydroxyl groups is 1. The minimum atomic E-state index is -4.33. The van der Waals surface area contributed by atoms with E-state index in [1.54, 1.807) is 0 Å². The van der Waals surface area contributed by atoms with Crippen LogP contribution in [0.2, 0.25) is 0 Å². The molecule has 0 radical (unpaired) electrons. The minimum Gasteiger partial charge on any atom is -0.481 e. The molecule has 6 rings (SSSR count). The van der Waals surface area contributed by atoms with Crippen LogP contribution in [0.3, 0.4) is 0 Å². The first-order chi connectivity index (χ1) is 26.5. The monoisotopic (exact) mass is 827 g/mol. The topological polar surface area (TPSA) is 159 Å². The Kier molecular flexibility index (Phi) is 12.9. The van der Waals surface area contributed by atoms with Gasteiger partial charge in [0.2, 0.25) is 10.0 Å². The molecule has 0 spiro atoms. The molecule has 1 fully saturated rings. The summed E-state index contributed by atoms with van der Waals surface area (Å²) in [6, 6.07) is 42.0. The Balaban J connectivity index is 1.41. The molecule has 13 heteroatoms. The van der Waals surface area contributed by atoms with Crippen molar-refractivity contribution in [1.82, 2.24) is 9.62 Å². The first-order valence-corrected chi connectivity index (χ1v) is 20.2. The van der Waals surface area contributed by atoms with E-state index in [-0.39, 0.29) is 38.1 Å². The quantitative estimate of drug-likeness (QED) is 0.0483. The summed E-state index contributed by atoms with van der Waals surface area (Å²) in [5, 5.41) is 31.4. The summed E-state index contributed by atoms with van der Waals surface area (Å²) in [6.07, 6.45) is 0.0940. The van der Waals surface area contributed by atoms with Crippen LogP contribution >= 0.6 is 15.9 Å². The number of benzene rings is 5. The highest BCUT2D eigenvalue weighted by Gasteiger charge is 2.51. The van der Waals surface area contributed by atoms with Crippen LogP contribution in [-0.4, -0.2) is 72.8 Å². The molecule has 1 aliphatic rings. The fraction of sp³-hybridized carbons (Fsp3) is 0.262. The molecule has 1 unspecified atom stereocenters. The zero-order valence-electron chi connectivity index (χ0n) is 29.9. The Morgan fingerprint density at radius 1 is 0.836 bits per heavy atom. The van der Waals surface area contributed by atoms with E-state index in [1.165, 1.54) is 18.2 Å². The smallest absolute Gasteiger partial charge is 0.303 e. The summed E-state index contributed by atoms with van der Waals surface area (Å²) < 4.78 is 38.2. The zero-order valence-corrected chi connectivity index (χ0v) is 32.3. The van der Waals surface area contributed by atoms with Gasteiger partial charge in [-0.2, -0.15) is 0 Å². The zero-order chi connectivity index (χ0) is 39.0. The molecular weight excluding hydrogens is 786 g/mol. The summed E-state index contributed by atoms with van der Waals surface area (Å²) in [7, 11) is -4.33. The van der Waals surface area contributed by atoms with Crippen LogP contribution in [-0.2, 0) is 25.2 Å². The van der Waals surface area contributed by atoms with Gasteiger partial charge in [0.05, 0.1) is 18.0 Å². The van der Waals surface area contributed by atoms with Gasteiger partial charge in [0.25, 0.3) is 5.69 Å². The number of likely N-dealkylation sites (tertiary alicyclic amines) is 1. The van der Waals surface area contributed by atoms with Crippen LogP contribution in [0, 0.1) is 16.0 Å². The predicted octanol–water partition coefficient (Wildman–Crippen LogP) is 6.95. The second-order valence-electron chi connectivity index (χ2n) is 13.6. The van der Waals surface area contributed by atoms with Gasteiger partial charge in [-0.25, -0.2) is 13.1 Å². The maximum Gasteiger partial charge on any atom is 0.303 e. The second kappa shape index (κ2) is 17.8. The average molecular weight is 829 g/mol. The van der Waals surface area contributed by atoms with Gasteiger partial charge >= 0.3 is 5.97 Å². The van der Waals surface area contributed by atoms with E-state index in [0.717, 1.165) is 32.8 Å². The molecule has 0 amide bonds. The lowest BCUT2D eigenvalue weighted by Crippen LogP contribution is -2.67. The number of para-hydroxylation sites is 1. The fourth-order valence-electron chi connectivity index (χ4n) is 7.64. The van der Waals surface area contributed by atoms with E-state index >= 15 is 0 Å². The van der Waals surface area contributed by atoms with E-state index < -0.39 is 49.1 Å². The van der Waals surface area contributed by atoms with Crippen LogP contribution in [0.4, 0.5) is 5.69 Å². The Labute approximate surface area is 328 Å². The molecule has 1 aliphatic heterocycles. The number of halogens is 1. The van der Waals surface area contributed by atoms with Crippen LogP contribution < -0.4 is 4.72 Å². The van der Waals surface area contributed by atoms with Crippen LogP contribution in [0.1, 0.15) is 41.0 Å². The van der Waals surface area contributed by atoms with Gasteiger partial charge in [0.15, 0.2) is 4.90 Å². The molecule has 1 heterocycles. The van der Waals surface area contributed by atoms with E-state index in [0.29, 0.717) is 13.0 Å². The number of carbonyl (C=O) groups is 1. The highest BCUT2D eigenvalue weighted by Crippen LogP contribution is 2.46. The molecule has 0 aliphatic carbocycles. The van der Waals surface area contributed by atoms with Crippen molar-refractivity contribution in [2.24, 2.45) is 5.92 Å². The summed E-state index contributed by atoms with van der Waals surface area (Å²) in [4.78, 5) is 24.4. The van der Waals surface area contributed by atoms with Gasteiger partial charge in [0.1, 0.15) is 5.60 Å². The molecule has 0 aromatic heterocycles. The number of nitro benzene ring substituents is 1. The minimum absolute atomic E-state index is 0.102. The highest BCUT2D eigenvalue weighted by atomic mass is 79.9. The van der Waals surface area contributed by atoms with Crippen LogP contribution in [0.15, 0.2) is 149 Å². The van der Waals surface area contributed by atoms with Gasteiger partial charge in [-0.15, -0.1) is 0 Å². The third kappa shape index (κ3) is 8.88. The number of nitro groups is 1. The normalized spacial score (nSPS) is 18.0. The number of carboxylic acid groups (broad SMARTS) is 1. The number of hydrogen-bond donors (Lipinski definition) is 3. The molecule has 11 nitrogen and oxygen atoms in total. The number of nitrogens with zero attached hydrogens (tertiary/aromatic N) is 2. The molecule has 4 atom stereocenters. The van der Waals surface area contributed by atoms with Crippen molar-refractivity contribution in [2.45, 2.75) is 41.3 Å². The number of rotatable bonds is 18. The van der Waals surface area contributed by atoms with Crippen molar-refractivity contribution in [3.8, 4) is 0 Å². The van der Waals surface area contributed by atoms with E-state index in [2.05, 4.69) is 25.6 Å². The van der Waals surface area contributed by atoms with Gasteiger partial charge in [0, 0.05) is 41.7 Å². The number of sulfonamides is 1. The highest BCUT2D eigenvalue weighted by molar-refractivity contribution is 9.10. The lowest BCUT2D eigenvalue weighted by molar-refractivity contribution is -0.387. The molecule has 5 aromatic rings. The molecule has 1 saturated heterocycles. The predicted molar refractivity (Wildman–Crippen MR) is 212 cm³/mol. The van der Waals surface area contributed by atoms with Crippen molar-refractivity contribution in [3.63, 3.8) is 0 Å². The van der Waals surface area contributed by atoms with Gasteiger partial charge in [-0.05, 0) is 59.3 Å². The Morgan fingerprint density at radius 2 is 1.36 bits per heavy atom. The summed E-state index contributed by atoms with van der Waals surface area (Å²) >= 11 is 3.53. The third-order valence-corrected chi connectivity index (χ3v) is 12.3. The summed E-state index contributed by atoms with van der Waals surface area (Å²) in [5.41, 5.74) is 2.08. The number of aliphatic carboxylic acids is 1. The maximum absolute atomic E-state index is 13.7. The van der Waals surface area contributed by atoms with Crippen molar-refractivity contribution >= 4 is 37.6 Å². The number of ether oxygens (including phenoxy) is 1.